The topological polar surface area (TPSA) is 238 Å². The van der Waals surface area contributed by atoms with Gasteiger partial charge in [0.05, 0.1) is 25.9 Å². The van der Waals surface area contributed by atoms with Gasteiger partial charge in [0, 0.05) is 42.0 Å². The second-order valence-corrected chi connectivity index (χ2v) is 28.4. The van der Waals surface area contributed by atoms with E-state index in [9.17, 15) is 19.8 Å². The van der Waals surface area contributed by atoms with Crippen LogP contribution in [0.25, 0.3) is 22.3 Å². The van der Waals surface area contributed by atoms with E-state index < -0.39 is 71.9 Å². The van der Waals surface area contributed by atoms with Crippen molar-refractivity contribution in [3.8, 4) is 0 Å². The number of hydrogen-bond acceptors (Lipinski definition) is 17. The van der Waals surface area contributed by atoms with Crippen molar-refractivity contribution >= 4 is 74.8 Å². The second-order valence-electron chi connectivity index (χ2n) is 19.5. The molecule has 372 valence electrons. The van der Waals surface area contributed by atoms with Gasteiger partial charge in [0.2, 0.25) is 23.7 Å². The van der Waals surface area contributed by atoms with Gasteiger partial charge in [-0.05, 0) is 36.0 Å². The lowest BCUT2D eigenvalue weighted by Crippen LogP contribution is -2.66. The number of ether oxygens (including phenoxy) is 2. The summed E-state index contributed by atoms with van der Waals surface area (Å²) in [6, 6.07) is 0. The maximum Gasteiger partial charge on any atom is 0.335 e. The lowest BCUT2D eigenvalue weighted by atomic mass is 9.98. The third kappa shape index (κ3) is 9.41. The number of hydrogen-bond donors (Lipinski definition) is 4. The Morgan fingerprint density at radius 1 is 0.761 bits per heavy atom. The Labute approximate surface area is 391 Å². The molecular weight excluding hydrogens is 911 g/mol. The van der Waals surface area contributed by atoms with E-state index >= 15 is 8.78 Å². The number of halogens is 2. The first-order valence-electron chi connectivity index (χ1n) is 22.5. The van der Waals surface area contributed by atoms with Crippen LogP contribution >= 0.6 is 0 Å². The van der Waals surface area contributed by atoms with E-state index in [2.05, 4.69) is 95.9 Å². The van der Waals surface area contributed by atoms with E-state index in [1.165, 1.54) is 44.9 Å². The average molecular weight is 979 g/mol. The number of rotatable bonds is 11. The first-order valence-corrected chi connectivity index (χ1v) is 26.5. The fourth-order valence-electron chi connectivity index (χ4n) is 9.21. The summed E-state index contributed by atoms with van der Waals surface area (Å²) in [6.07, 6.45) is -3.71. The summed E-state index contributed by atoms with van der Waals surface area (Å²) in [5, 5.41) is 24.5. The predicted octanol–water partition coefficient (Wildman–Crippen LogP) is 5.26. The van der Waals surface area contributed by atoms with Gasteiger partial charge in [0.15, 0.2) is 57.8 Å². The average Bonchev–Trinajstić information content (AvgIpc) is 3.94. The third-order valence-corrected chi connectivity index (χ3v) is 22.9. The van der Waals surface area contributed by atoms with Gasteiger partial charge in [-0.3, -0.25) is 29.4 Å². The van der Waals surface area contributed by atoms with Crippen molar-refractivity contribution in [1.82, 2.24) is 39.0 Å². The number of anilines is 4. The number of aliphatic hydroxyl groups is 2. The van der Waals surface area contributed by atoms with Gasteiger partial charge in [0.25, 0.3) is 0 Å². The van der Waals surface area contributed by atoms with E-state index in [0.717, 1.165) is 0 Å². The normalized spacial score (nSPS) is 28.1. The molecule has 0 radical (unpaired) electrons. The van der Waals surface area contributed by atoms with Crippen LogP contribution in [0, 0.1) is 0 Å². The Bertz CT molecular complexity index is 2420. The quantitative estimate of drug-likeness (QED) is 0.140. The van der Waals surface area contributed by atoms with Gasteiger partial charge in [-0.25, -0.2) is 18.7 Å². The predicted molar refractivity (Wildman–Crippen MR) is 252 cm³/mol. The highest BCUT2D eigenvalue weighted by molar-refractivity contribution is 6.84. The van der Waals surface area contributed by atoms with Crippen LogP contribution in [0.4, 0.5) is 32.3 Å². The zero-order chi connectivity index (χ0) is 49.9. The molecule has 0 aliphatic carbocycles. The van der Waals surface area contributed by atoms with E-state index in [-0.39, 0.29) is 58.1 Å². The van der Waals surface area contributed by atoms with E-state index in [1.807, 2.05) is 14.1 Å². The van der Waals surface area contributed by atoms with Gasteiger partial charge in [-0.15, -0.1) is 0 Å². The number of carbonyl (C=O) groups is 2. The van der Waals surface area contributed by atoms with Crippen LogP contribution < -0.4 is 20.4 Å². The first-order chi connectivity index (χ1) is 31.1. The lowest BCUT2D eigenvalue weighted by Gasteiger charge is -2.51. The highest BCUT2D eigenvalue weighted by Crippen LogP contribution is 2.52. The minimum Gasteiger partial charge on any atom is -0.414 e. The minimum atomic E-state index is -3.06. The molecule has 21 nitrogen and oxygen atoms in total. The molecule has 3 saturated heterocycles. The fraction of sp³-hybridized carbons (Fsp3) is 0.714. The zero-order valence-corrected chi connectivity index (χ0v) is 43.3. The first kappa shape index (κ1) is 52.0. The summed E-state index contributed by atoms with van der Waals surface area (Å²) in [5.41, 5.74) is -2.33. The van der Waals surface area contributed by atoms with Crippen molar-refractivity contribution in [3.63, 3.8) is 0 Å². The third-order valence-electron chi connectivity index (χ3n) is 12.6. The highest BCUT2D eigenvalue weighted by atomic mass is 28.5. The van der Waals surface area contributed by atoms with Gasteiger partial charge < -0.3 is 42.5 Å². The molecule has 0 saturated carbocycles. The molecule has 25 heteroatoms. The minimum absolute atomic E-state index is 0.0354. The Morgan fingerprint density at radius 2 is 1.19 bits per heavy atom. The maximum absolute atomic E-state index is 17.3. The summed E-state index contributed by atoms with van der Waals surface area (Å²) in [5.74, 6) is 0.379. The van der Waals surface area contributed by atoms with Crippen LogP contribution in [0.3, 0.4) is 0 Å². The van der Waals surface area contributed by atoms with Crippen molar-refractivity contribution < 1.29 is 51.0 Å². The van der Waals surface area contributed by atoms with Crippen molar-refractivity contribution in [1.29, 1.82) is 0 Å². The van der Waals surface area contributed by atoms with Crippen LogP contribution in [0.5, 0.6) is 0 Å². The highest BCUT2D eigenvalue weighted by Gasteiger charge is 2.65. The van der Waals surface area contributed by atoms with Crippen LogP contribution in [0.2, 0.25) is 22.2 Å². The number of fused-ring (bicyclic) bond motifs is 3. The Hall–Kier alpha value is -4.35. The molecule has 7 rings (SSSR count). The summed E-state index contributed by atoms with van der Waals surface area (Å²) in [7, 11) is 1.25. The number of aromatic nitrogens is 8. The molecule has 3 aliphatic heterocycles. The molecule has 3 fully saturated rings. The number of nitrogens with one attached hydrogen (secondary N) is 2. The molecule has 4 N–H and O–H groups in total. The second kappa shape index (κ2) is 19.2. The molecular formula is C42H68F2N12O9Si2. The van der Waals surface area contributed by atoms with Crippen molar-refractivity contribution in [3.05, 3.63) is 12.7 Å². The smallest absolute Gasteiger partial charge is 0.335 e. The lowest BCUT2D eigenvalue weighted by molar-refractivity contribution is -0.115. The Morgan fingerprint density at radius 3 is 1.57 bits per heavy atom. The summed E-state index contributed by atoms with van der Waals surface area (Å²) in [4.78, 5) is 52.9. The van der Waals surface area contributed by atoms with Gasteiger partial charge in [-0.2, -0.15) is 19.9 Å². The SMILES string of the molecule is CC(=O)Nc1nc(N(C)C)c2ncn([C@@H]3O[C@@H]4CO[Si](C(C)C)(C(C)C)O[Si](C(C)C)(C(C)C)O[C@H]4[C@@]3(C)F)c2n1.CC(=O)Nc1nc(N(C)C)c2ncn([C@@H]3O[C@H](CO)[C@@H](O)[C@@]3(C)F)c2n1. The zero-order valence-electron chi connectivity index (χ0n) is 41.3. The molecule has 2 amide bonds. The van der Waals surface area contributed by atoms with Crippen LogP contribution in [-0.2, 0) is 32.0 Å². The molecule has 7 heterocycles. The number of amides is 2. The van der Waals surface area contributed by atoms with Crippen LogP contribution in [-0.4, -0.2) is 155 Å². The van der Waals surface area contributed by atoms with Crippen LogP contribution in [0.15, 0.2) is 12.7 Å². The van der Waals surface area contributed by atoms with Gasteiger partial charge in [-0.1, -0.05) is 55.4 Å². The van der Waals surface area contributed by atoms with Crippen LogP contribution in [0.1, 0.15) is 95.5 Å². The number of aliphatic hydroxyl groups excluding tert-OH is 2. The number of nitrogens with zero attached hydrogens (tertiary/aromatic N) is 10. The molecule has 0 spiro atoms. The Kier molecular flexibility index (Phi) is 14.9. The summed E-state index contributed by atoms with van der Waals surface area (Å²) in [6.45, 7) is 22.1. The molecule has 0 aromatic carbocycles. The molecule has 3 aliphatic rings. The molecule has 0 unspecified atom stereocenters. The van der Waals surface area contributed by atoms with Gasteiger partial charge >= 0.3 is 17.1 Å². The number of carbonyl (C=O) groups excluding carboxylic acids is 2. The van der Waals surface area contributed by atoms with E-state index in [1.54, 1.807) is 28.5 Å². The summed E-state index contributed by atoms with van der Waals surface area (Å²) < 4.78 is 68.3. The van der Waals surface area contributed by atoms with E-state index in [4.69, 9.17) is 22.4 Å². The molecule has 67 heavy (non-hydrogen) atoms. The maximum atomic E-state index is 17.3. The van der Waals surface area contributed by atoms with Gasteiger partial charge in [0.1, 0.15) is 24.4 Å². The standard InChI is InChI=1S/C27H47FN6O5Si2.C15H21FN6O4/c1-15(2)40(16(3)4)36-13-20-22(38-41(39-40,17(5)6)18(7)8)27(10,28)25(37-20)34-14-29-21-23(33(11)12)31-26(30-19(9)35)32-24(21)34;1-7(24)18-14-19-11(21(3)4)9-12(20-14)22(6-17-9)13-15(2,16)10(25)8(5-23)26-13/h14-18,20,22,25H,13H2,1-12H3,(H,30,31,32,35);6,8,10,13,23,25H,5H2,1-4H3,(H,18,19,20,24)/t20-,22-,25-,27-;8-,10-,13-,15-/m11/s1. The molecule has 8 atom stereocenters. The number of imidazole rings is 2. The number of alkyl halides is 2. The molecule has 0 bridgehead atoms. The van der Waals surface area contributed by atoms with Crippen molar-refractivity contribution in [2.75, 3.05) is 61.8 Å². The van der Waals surface area contributed by atoms with E-state index in [0.29, 0.717) is 28.3 Å². The van der Waals surface area contributed by atoms with Crippen molar-refractivity contribution in [2.24, 2.45) is 0 Å². The fourth-order valence-corrected chi connectivity index (χ4v) is 20.5. The molecule has 4 aromatic rings. The monoisotopic (exact) mass is 978 g/mol. The van der Waals surface area contributed by atoms with Crippen molar-refractivity contribution in [2.45, 2.75) is 153 Å². The largest absolute Gasteiger partial charge is 0.414 e. The Balaban J connectivity index is 0.000000244. The molecule has 4 aromatic heterocycles. The summed E-state index contributed by atoms with van der Waals surface area (Å²) >= 11 is 0.